The monoisotopic (exact) mass is 312 g/mol. The van der Waals surface area contributed by atoms with Crippen LogP contribution in [-0.4, -0.2) is 15.0 Å². The summed E-state index contributed by atoms with van der Waals surface area (Å²) in [7, 11) is -4.32. The Kier molecular flexibility index (Phi) is 4.54. The average molecular weight is 312 g/mol. The van der Waals surface area contributed by atoms with E-state index in [2.05, 4.69) is 10.5 Å². The van der Waals surface area contributed by atoms with Gasteiger partial charge in [-0.05, 0) is 23.8 Å². The molecule has 112 valence electrons. The molecule has 0 heterocycles. The van der Waals surface area contributed by atoms with E-state index < -0.39 is 26.6 Å². The fraction of sp³-hybridized carbons (Fsp3) is 0.143. The number of halogens is 2. The lowest BCUT2D eigenvalue weighted by Gasteiger charge is -2.23. The van der Waals surface area contributed by atoms with E-state index in [1.54, 1.807) is 0 Å². The third-order valence-electron chi connectivity index (χ3n) is 2.81. The molecule has 7 heteroatoms. The first kappa shape index (κ1) is 15.4. The highest BCUT2D eigenvalue weighted by Gasteiger charge is 2.13. The smallest absolute Gasteiger partial charge is 0.140 e. The summed E-state index contributed by atoms with van der Waals surface area (Å²) in [6.45, 7) is 0.551. The highest BCUT2D eigenvalue weighted by Crippen LogP contribution is 2.31. The molecular formula is C14H14F2N2O2S. The van der Waals surface area contributed by atoms with E-state index in [1.165, 1.54) is 30.3 Å². The summed E-state index contributed by atoms with van der Waals surface area (Å²) < 4.78 is 54.9. The Labute approximate surface area is 121 Å². The minimum absolute atomic E-state index is 0.348. The van der Waals surface area contributed by atoms with E-state index in [9.17, 15) is 17.2 Å². The zero-order valence-corrected chi connectivity index (χ0v) is 11.9. The van der Waals surface area contributed by atoms with Gasteiger partial charge in [0.2, 0.25) is 0 Å². The molecule has 0 aromatic heterocycles. The Morgan fingerprint density at radius 3 is 2.43 bits per heavy atom. The van der Waals surface area contributed by atoms with E-state index in [1.807, 2.05) is 0 Å². The van der Waals surface area contributed by atoms with Gasteiger partial charge < -0.3 is 10.5 Å². The molecule has 2 aromatic rings. The van der Waals surface area contributed by atoms with Gasteiger partial charge in [0, 0.05) is 6.42 Å². The molecule has 21 heavy (non-hydrogen) atoms. The molecule has 4 nitrogen and oxygen atoms in total. The highest BCUT2D eigenvalue weighted by molar-refractivity contribution is 7.94. The number of sulfonamides is 1. The van der Waals surface area contributed by atoms with Gasteiger partial charge in [-0.25, -0.2) is 17.2 Å². The van der Waals surface area contributed by atoms with Gasteiger partial charge in [-0.1, -0.05) is 30.0 Å². The highest BCUT2D eigenvalue weighted by atomic mass is 32.2. The van der Waals surface area contributed by atoms with Crippen molar-refractivity contribution in [2.45, 2.75) is 11.3 Å². The van der Waals surface area contributed by atoms with Crippen LogP contribution in [0.25, 0.3) is 4.72 Å². The molecular weight excluding hydrogens is 298 g/mol. The maximum Gasteiger partial charge on any atom is 0.140 e. The number of nitrogens with zero attached hydrogens (tertiary/aromatic N) is 1. The standard InChI is InChI=1S/C14H13F2N2O2S/c15-11-3-1-2-4-13(11)18-21(19,20)14-9-10(7-8-17)5-6-12(14)16/h1-6,9H,7-8,17H2/q-1/p+1. The average Bonchev–Trinajstić information content (AvgIpc) is 2.43. The van der Waals surface area contributed by atoms with Crippen LogP contribution in [0.5, 0.6) is 0 Å². The fourth-order valence-electron chi connectivity index (χ4n) is 1.81. The molecule has 0 bridgehead atoms. The van der Waals surface area contributed by atoms with Crippen molar-refractivity contribution in [1.82, 2.24) is 0 Å². The summed E-state index contributed by atoms with van der Waals surface area (Å²) in [5.74, 6) is -1.70. The zero-order chi connectivity index (χ0) is 15.5. The van der Waals surface area contributed by atoms with Crippen LogP contribution in [-0.2, 0) is 16.4 Å². The molecule has 0 unspecified atom stereocenters. The van der Waals surface area contributed by atoms with Crippen LogP contribution in [0.4, 0.5) is 14.5 Å². The van der Waals surface area contributed by atoms with Crippen molar-refractivity contribution in [3.8, 4) is 0 Å². The number of benzene rings is 2. The van der Waals surface area contributed by atoms with Gasteiger partial charge >= 0.3 is 0 Å². The second-order valence-electron chi connectivity index (χ2n) is 4.39. The van der Waals surface area contributed by atoms with Crippen molar-refractivity contribution in [1.29, 1.82) is 0 Å². The van der Waals surface area contributed by atoms with Crippen molar-refractivity contribution in [3.05, 3.63) is 64.4 Å². The maximum atomic E-state index is 13.8. The molecule has 0 fully saturated rings. The van der Waals surface area contributed by atoms with E-state index in [-0.39, 0.29) is 5.69 Å². The number of quaternary nitrogens is 1. The molecule has 2 aromatic carbocycles. The SMILES string of the molecule is [NH3+]CCc1ccc(F)c(S(=O)(=O)[N-]c2ccccc2F)c1. The Morgan fingerprint density at radius 2 is 1.76 bits per heavy atom. The summed E-state index contributed by atoms with van der Waals surface area (Å²) in [5.41, 5.74) is 3.94. The van der Waals surface area contributed by atoms with Crippen molar-refractivity contribution in [2.24, 2.45) is 0 Å². The predicted octanol–water partition coefficient (Wildman–Crippen LogP) is 2.14. The summed E-state index contributed by atoms with van der Waals surface area (Å²) in [6, 6.07) is 8.93. The molecule has 0 amide bonds. The molecule has 0 aliphatic rings. The normalized spacial score (nSPS) is 11.4. The summed E-state index contributed by atoms with van der Waals surface area (Å²) in [5, 5.41) is 0. The number of hydrogen-bond donors (Lipinski definition) is 1. The van der Waals surface area contributed by atoms with Crippen LogP contribution < -0.4 is 5.73 Å². The van der Waals surface area contributed by atoms with Gasteiger partial charge in [0.15, 0.2) is 0 Å². The van der Waals surface area contributed by atoms with Gasteiger partial charge in [-0.2, -0.15) is 0 Å². The lowest BCUT2D eigenvalue weighted by Crippen LogP contribution is -2.51. The van der Waals surface area contributed by atoms with Crippen LogP contribution in [0.2, 0.25) is 0 Å². The maximum absolute atomic E-state index is 13.8. The molecule has 3 N–H and O–H groups in total. The molecule has 0 radical (unpaired) electrons. The van der Waals surface area contributed by atoms with E-state index in [4.69, 9.17) is 0 Å². The van der Waals surface area contributed by atoms with Crippen molar-refractivity contribution < 1.29 is 22.9 Å². The molecule has 2 rings (SSSR count). The lowest BCUT2D eigenvalue weighted by atomic mass is 10.1. The van der Waals surface area contributed by atoms with Crippen LogP contribution in [0.15, 0.2) is 47.4 Å². The fourth-order valence-corrected chi connectivity index (χ4v) is 2.93. The Morgan fingerprint density at radius 1 is 1.05 bits per heavy atom. The molecule has 0 aliphatic carbocycles. The summed E-state index contributed by atoms with van der Waals surface area (Å²) in [6.07, 6.45) is 0.516. The van der Waals surface area contributed by atoms with E-state index in [0.29, 0.717) is 18.5 Å². The van der Waals surface area contributed by atoms with Gasteiger partial charge in [0.05, 0.1) is 11.4 Å². The van der Waals surface area contributed by atoms with Gasteiger partial charge in [0.1, 0.15) is 21.7 Å². The van der Waals surface area contributed by atoms with Crippen LogP contribution in [0, 0.1) is 11.6 Å². The van der Waals surface area contributed by atoms with Crippen LogP contribution >= 0.6 is 0 Å². The van der Waals surface area contributed by atoms with Gasteiger partial charge in [-0.15, -0.1) is 0 Å². The largest absolute Gasteiger partial charge is 0.570 e. The minimum atomic E-state index is -4.32. The molecule has 0 saturated heterocycles. The lowest BCUT2D eigenvalue weighted by molar-refractivity contribution is -0.366. The molecule has 0 saturated carbocycles. The number of rotatable bonds is 5. The van der Waals surface area contributed by atoms with E-state index in [0.717, 1.165) is 12.1 Å². The summed E-state index contributed by atoms with van der Waals surface area (Å²) >= 11 is 0. The molecule has 0 spiro atoms. The summed E-state index contributed by atoms with van der Waals surface area (Å²) in [4.78, 5) is -0.559. The molecule has 0 atom stereocenters. The topological polar surface area (TPSA) is 75.9 Å². The Balaban J connectivity index is 2.40. The van der Waals surface area contributed by atoms with Crippen molar-refractivity contribution >= 4 is 15.7 Å². The van der Waals surface area contributed by atoms with Gasteiger partial charge in [0.25, 0.3) is 0 Å². The van der Waals surface area contributed by atoms with Crippen LogP contribution in [0.3, 0.4) is 0 Å². The predicted molar refractivity (Wildman–Crippen MR) is 74.5 cm³/mol. The Bertz CT molecular complexity index is 748. The quantitative estimate of drug-likeness (QED) is 0.918. The van der Waals surface area contributed by atoms with Crippen LogP contribution in [0.1, 0.15) is 5.56 Å². The number of hydrogen-bond acceptors (Lipinski definition) is 2. The first-order chi connectivity index (χ1) is 9.94. The second kappa shape index (κ2) is 6.19. The van der Waals surface area contributed by atoms with Gasteiger partial charge in [-0.3, -0.25) is 0 Å². The van der Waals surface area contributed by atoms with E-state index >= 15 is 0 Å². The minimum Gasteiger partial charge on any atom is -0.570 e. The second-order valence-corrected chi connectivity index (χ2v) is 5.96. The zero-order valence-electron chi connectivity index (χ0n) is 11.1. The first-order valence-corrected chi connectivity index (χ1v) is 7.68. The Hall–Kier alpha value is -1.99. The first-order valence-electron chi connectivity index (χ1n) is 6.24. The van der Waals surface area contributed by atoms with Crippen molar-refractivity contribution in [3.63, 3.8) is 0 Å². The third kappa shape index (κ3) is 3.56. The molecule has 0 aliphatic heterocycles. The third-order valence-corrected chi connectivity index (χ3v) is 4.12. The van der Waals surface area contributed by atoms with Crippen molar-refractivity contribution in [2.75, 3.05) is 6.54 Å².